The maximum atomic E-state index is 13.7. The van der Waals surface area contributed by atoms with Crippen molar-refractivity contribution in [3.8, 4) is 11.5 Å². The fraction of sp³-hybridized carbons (Fsp3) is 0.258. The fourth-order valence-electron chi connectivity index (χ4n) is 5.32. The van der Waals surface area contributed by atoms with Gasteiger partial charge in [0.25, 0.3) is 5.91 Å². The van der Waals surface area contributed by atoms with Gasteiger partial charge in [0, 0.05) is 36.7 Å². The van der Waals surface area contributed by atoms with Gasteiger partial charge in [-0.05, 0) is 48.1 Å². The van der Waals surface area contributed by atoms with Crippen LogP contribution in [0.25, 0.3) is 11.0 Å². The summed E-state index contributed by atoms with van der Waals surface area (Å²) in [6.07, 6.45) is 1.94. The monoisotopic (exact) mass is 558 g/mol. The molecular weight excluding hydrogens is 532 g/mol. The summed E-state index contributed by atoms with van der Waals surface area (Å²) in [6, 6.07) is 20.8. The summed E-state index contributed by atoms with van der Waals surface area (Å²) in [7, 11) is 0. The molecule has 0 aliphatic carbocycles. The molecule has 2 aliphatic heterocycles. The number of likely N-dealkylation sites (tertiary alicyclic amines) is 1. The maximum Gasteiger partial charge on any atom is 0.287 e. The highest BCUT2D eigenvalue weighted by Crippen LogP contribution is 2.35. The van der Waals surface area contributed by atoms with Gasteiger partial charge in [-0.25, -0.2) is 0 Å². The lowest BCUT2D eigenvalue weighted by atomic mass is 9.89. The van der Waals surface area contributed by atoms with E-state index in [1.165, 1.54) is 17.7 Å². The topological polar surface area (TPSA) is 98.1 Å². The second-order valence-corrected chi connectivity index (χ2v) is 10.5. The number of amides is 2. The highest BCUT2D eigenvalue weighted by molar-refractivity contribution is 6.30. The average molecular weight is 559 g/mol. The van der Waals surface area contributed by atoms with E-state index in [0.717, 1.165) is 24.5 Å². The quantitative estimate of drug-likeness (QED) is 0.361. The van der Waals surface area contributed by atoms with E-state index in [4.69, 9.17) is 25.5 Å². The number of nitrogens with zero attached hydrogens (tertiary/aromatic N) is 1. The Labute approximate surface area is 235 Å². The smallest absolute Gasteiger partial charge is 0.287 e. The van der Waals surface area contributed by atoms with E-state index in [1.807, 2.05) is 30.3 Å². The third-order valence-electron chi connectivity index (χ3n) is 7.48. The van der Waals surface area contributed by atoms with Gasteiger partial charge in [-0.2, -0.15) is 0 Å². The third-order valence-corrected chi connectivity index (χ3v) is 7.73. The normalized spacial score (nSPS) is 15.7. The van der Waals surface area contributed by atoms with Crippen molar-refractivity contribution in [1.82, 2.24) is 10.2 Å². The van der Waals surface area contributed by atoms with Crippen LogP contribution in [-0.2, 0) is 11.2 Å². The number of ether oxygens (including phenoxy) is 2. The predicted octanol–water partition coefficient (Wildman–Crippen LogP) is 4.92. The SMILES string of the molecule is O=C(NC(Cc1ccc(Cl)cc1)C(=O)N1CCC(c2ccccc2)CC1)c1cc(=O)c2cc3c(cc2o1)OCO3. The Bertz CT molecular complexity index is 1610. The number of piperidine rings is 1. The summed E-state index contributed by atoms with van der Waals surface area (Å²) < 4.78 is 16.5. The number of carbonyl (C=O) groups excluding carboxylic acids is 2. The zero-order valence-electron chi connectivity index (χ0n) is 21.6. The molecular formula is C31H27ClN2O6. The summed E-state index contributed by atoms with van der Waals surface area (Å²) in [6.45, 7) is 1.22. The Morgan fingerprint density at radius 2 is 1.65 bits per heavy atom. The number of hydrogen-bond donors (Lipinski definition) is 1. The maximum absolute atomic E-state index is 13.7. The average Bonchev–Trinajstić information content (AvgIpc) is 3.44. The summed E-state index contributed by atoms with van der Waals surface area (Å²) in [5.41, 5.74) is 1.92. The number of carbonyl (C=O) groups is 2. The van der Waals surface area contributed by atoms with Gasteiger partial charge >= 0.3 is 0 Å². The molecule has 0 radical (unpaired) electrons. The third kappa shape index (κ3) is 5.40. The molecule has 3 aromatic carbocycles. The molecule has 3 heterocycles. The van der Waals surface area contributed by atoms with Crippen molar-refractivity contribution in [2.24, 2.45) is 0 Å². The highest BCUT2D eigenvalue weighted by atomic mass is 35.5. The van der Waals surface area contributed by atoms with E-state index in [1.54, 1.807) is 17.0 Å². The number of hydrogen-bond acceptors (Lipinski definition) is 6. The van der Waals surface area contributed by atoms with Crippen molar-refractivity contribution >= 4 is 34.4 Å². The van der Waals surface area contributed by atoms with Crippen LogP contribution in [0.4, 0.5) is 0 Å². The van der Waals surface area contributed by atoms with Gasteiger partial charge < -0.3 is 24.1 Å². The molecule has 9 heteroatoms. The number of nitrogens with one attached hydrogen (secondary N) is 1. The minimum Gasteiger partial charge on any atom is -0.454 e. The first-order valence-electron chi connectivity index (χ1n) is 13.2. The van der Waals surface area contributed by atoms with Gasteiger partial charge in [0.15, 0.2) is 22.7 Å². The van der Waals surface area contributed by atoms with Crippen molar-refractivity contribution in [2.45, 2.75) is 31.2 Å². The molecule has 8 nitrogen and oxygen atoms in total. The molecule has 1 aromatic heterocycles. The Hall–Kier alpha value is -4.30. The van der Waals surface area contributed by atoms with Gasteiger partial charge in [-0.15, -0.1) is 0 Å². The van der Waals surface area contributed by atoms with E-state index in [0.29, 0.717) is 35.5 Å². The van der Waals surface area contributed by atoms with E-state index < -0.39 is 17.4 Å². The van der Waals surface area contributed by atoms with Gasteiger partial charge in [0.1, 0.15) is 11.6 Å². The molecule has 0 spiro atoms. The molecule has 40 heavy (non-hydrogen) atoms. The van der Waals surface area contributed by atoms with E-state index in [2.05, 4.69) is 17.4 Å². The zero-order chi connectivity index (χ0) is 27.6. The van der Waals surface area contributed by atoms with Crippen molar-refractivity contribution < 1.29 is 23.5 Å². The molecule has 4 aromatic rings. The van der Waals surface area contributed by atoms with Crippen LogP contribution in [0.5, 0.6) is 11.5 Å². The Balaban J connectivity index is 1.23. The molecule has 2 aliphatic rings. The lowest BCUT2D eigenvalue weighted by Crippen LogP contribution is -2.51. The standard InChI is InChI=1S/C31H27ClN2O6/c32-22-8-6-19(7-9-22)14-24(31(37)34-12-10-21(11-13-34)20-4-2-1-3-5-20)33-30(36)29-16-25(35)23-15-27-28(39-18-38-27)17-26(23)40-29/h1-9,15-17,21,24H,10-14,18H2,(H,33,36). The van der Waals surface area contributed by atoms with Crippen LogP contribution in [0.1, 0.15) is 40.4 Å². The molecule has 1 N–H and O–H groups in total. The first-order valence-corrected chi connectivity index (χ1v) is 13.6. The molecule has 2 amide bonds. The van der Waals surface area contributed by atoms with E-state index in [9.17, 15) is 14.4 Å². The molecule has 1 saturated heterocycles. The first kappa shape index (κ1) is 26.0. The Kier molecular flexibility index (Phi) is 7.17. The van der Waals surface area contributed by atoms with E-state index >= 15 is 0 Å². The number of halogens is 1. The molecule has 1 fully saturated rings. The van der Waals surface area contributed by atoms with Crippen LogP contribution in [0.3, 0.4) is 0 Å². The number of rotatable bonds is 6. The highest BCUT2D eigenvalue weighted by Gasteiger charge is 2.31. The van der Waals surface area contributed by atoms with Crippen LogP contribution in [-0.4, -0.2) is 42.6 Å². The van der Waals surface area contributed by atoms with Crippen molar-refractivity contribution in [1.29, 1.82) is 0 Å². The van der Waals surface area contributed by atoms with Crippen LogP contribution in [0.15, 0.2) is 82.0 Å². The lowest BCUT2D eigenvalue weighted by molar-refractivity contribution is -0.134. The van der Waals surface area contributed by atoms with Gasteiger partial charge in [-0.3, -0.25) is 14.4 Å². The summed E-state index contributed by atoms with van der Waals surface area (Å²) in [5, 5.41) is 3.68. The minimum absolute atomic E-state index is 0.0459. The van der Waals surface area contributed by atoms with E-state index in [-0.39, 0.29) is 35.9 Å². The molecule has 204 valence electrons. The molecule has 6 rings (SSSR count). The van der Waals surface area contributed by atoms with Crippen molar-refractivity contribution in [3.05, 3.63) is 105 Å². The number of benzene rings is 3. The van der Waals surface area contributed by atoms with Gasteiger partial charge in [0.2, 0.25) is 12.7 Å². The molecule has 0 bridgehead atoms. The first-order chi connectivity index (χ1) is 19.4. The van der Waals surface area contributed by atoms with Crippen LogP contribution in [0.2, 0.25) is 5.02 Å². The van der Waals surface area contributed by atoms with Gasteiger partial charge in [0.05, 0.1) is 5.39 Å². The molecule has 1 atom stereocenters. The van der Waals surface area contributed by atoms with Crippen LogP contribution >= 0.6 is 11.6 Å². The van der Waals surface area contributed by atoms with Crippen molar-refractivity contribution in [3.63, 3.8) is 0 Å². The Morgan fingerprint density at radius 3 is 2.38 bits per heavy atom. The molecule has 1 unspecified atom stereocenters. The van der Waals surface area contributed by atoms with Crippen molar-refractivity contribution in [2.75, 3.05) is 19.9 Å². The second kappa shape index (κ2) is 11.1. The largest absolute Gasteiger partial charge is 0.454 e. The number of fused-ring (bicyclic) bond motifs is 2. The second-order valence-electron chi connectivity index (χ2n) is 10.0. The minimum atomic E-state index is -0.861. The zero-order valence-corrected chi connectivity index (χ0v) is 22.4. The summed E-state index contributed by atoms with van der Waals surface area (Å²) >= 11 is 6.06. The van der Waals surface area contributed by atoms with Crippen LogP contribution in [0, 0.1) is 0 Å². The van der Waals surface area contributed by atoms with Crippen LogP contribution < -0.4 is 20.2 Å². The lowest BCUT2D eigenvalue weighted by Gasteiger charge is -2.34. The molecule has 0 saturated carbocycles. The predicted molar refractivity (Wildman–Crippen MR) is 150 cm³/mol. The summed E-state index contributed by atoms with van der Waals surface area (Å²) in [5.74, 6) is 0.249. The Morgan fingerprint density at radius 1 is 0.950 bits per heavy atom. The van der Waals surface area contributed by atoms with Gasteiger partial charge in [-0.1, -0.05) is 54.1 Å². The fourth-order valence-corrected chi connectivity index (χ4v) is 5.45. The summed E-state index contributed by atoms with van der Waals surface area (Å²) in [4.78, 5) is 41.7.